The minimum atomic E-state index is -0.314. The summed E-state index contributed by atoms with van der Waals surface area (Å²) in [5, 5.41) is 0. The summed E-state index contributed by atoms with van der Waals surface area (Å²) >= 11 is 0. The molecule has 0 saturated heterocycles. The molecular formula is C14H17NO2. The van der Waals surface area contributed by atoms with Crippen LogP contribution in [0.5, 0.6) is 0 Å². The third kappa shape index (κ3) is 5.07. The van der Waals surface area contributed by atoms with Gasteiger partial charge in [0.25, 0.3) is 0 Å². The molecule has 0 radical (unpaired) electrons. The standard InChI is InChI=1S/C14H17NO2/c1-3-4-8-11-15(2)14(16)17-12-13-9-6-5-7-10-13/h1,5-7,9-10H,4,8,11-12H2,2H3. The van der Waals surface area contributed by atoms with E-state index in [0.717, 1.165) is 12.0 Å². The second-order valence-electron chi connectivity index (χ2n) is 3.77. The van der Waals surface area contributed by atoms with Gasteiger partial charge in [-0.05, 0) is 12.0 Å². The monoisotopic (exact) mass is 231 g/mol. The van der Waals surface area contributed by atoms with E-state index in [2.05, 4.69) is 5.92 Å². The zero-order valence-corrected chi connectivity index (χ0v) is 10.1. The van der Waals surface area contributed by atoms with Gasteiger partial charge in [0.05, 0.1) is 0 Å². The molecule has 0 spiro atoms. The van der Waals surface area contributed by atoms with Crippen LogP contribution in [0.15, 0.2) is 30.3 Å². The molecule has 1 rings (SSSR count). The minimum Gasteiger partial charge on any atom is -0.445 e. The molecule has 0 atom stereocenters. The van der Waals surface area contributed by atoms with Crippen LogP contribution >= 0.6 is 0 Å². The van der Waals surface area contributed by atoms with E-state index < -0.39 is 0 Å². The molecule has 1 aromatic carbocycles. The Kier molecular flexibility index (Phi) is 5.67. The smallest absolute Gasteiger partial charge is 0.409 e. The van der Waals surface area contributed by atoms with Crippen molar-refractivity contribution >= 4 is 6.09 Å². The number of hydrogen-bond donors (Lipinski definition) is 0. The van der Waals surface area contributed by atoms with Crippen LogP contribution in [0, 0.1) is 12.3 Å². The van der Waals surface area contributed by atoms with Crippen LogP contribution in [0.1, 0.15) is 18.4 Å². The first-order chi connectivity index (χ1) is 8.24. The van der Waals surface area contributed by atoms with Gasteiger partial charge in [-0.15, -0.1) is 12.3 Å². The molecule has 90 valence electrons. The number of ether oxygens (including phenoxy) is 1. The average molecular weight is 231 g/mol. The Morgan fingerprint density at radius 2 is 2.12 bits per heavy atom. The van der Waals surface area contributed by atoms with Crippen LogP contribution in [0.4, 0.5) is 4.79 Å². The lowest BCUT2D eigenvalue weighted by Gasteiger charge is -2.16. The van der Waals surface area contributed by atoms with E-state index in [1.165, 1.54) is 0 Å². The van der Waals surface area contributed by atoms with Crippen molar-refractivity contribution in [1.29, 1.82) is 0 Å². The lowest BCUT2D eigenvalue weighted by Crippen LogP contribution is -2.28. The molecule has 0 bridgehead atoms. The molecule has 0 aliphatic heterocycles. The van der Waals surface area contributed by atoms with E-state index >= 15 is 0 Å². The van der Waals surface area contributed by atoms with E-state index in [9.17, 15) is 4.79 Å². The molecule has 0 unspecified atom stereocenters. The van der Waals surface area contributed by atoms with E-state index in [4.69, 9.17) is 11.2 Å². The van der Waals surface area contributed by atoms with Crippen molar-refractivity contribution in [2.24, 2.45) is 0 Å². The summed E-state index contributed by atoms with van der Waals surface area (Å²) in [5.41, 5.74) is 0.984. The summed E-state index contributed by atoms with van der Waals surface area (Å²) in [6.07, 6.45) is 6.30. The number of rotatable bonds is 5. The van der Waals surface area contributed by atoms with Gasteiger partial charge >= 0.3 is 6.09 Å². The van der Waals surface area contributed by atoms with Crippen LogP contribution in [0.2, 0.25) is 0 Å². The van der Waals surface area contributed by atoms with Gasteiger partial charge in [-0.25, -0.2) is 4.79 Å². The van der Waals surface area contributed by atoms with Gasteiger partial charge in [-0.1, -0.05) is 30.3 Å². The fourth-order valence-electron chi connectivity index (χ4n) is 1.34. The Morgan fingerprint density at radius 1 is 1.41 bits per heavy atom. The number of amides is 1. The van der Waals surface area contributed by atoms with E-state index in [0.29, 0.717) is 19.6 Å². The zero-order valence-electron chi connectivity index (χ0n) is 10.1. The van der Waals surface area contributed by atoms with Gasteiger partial charge in [-0.3, -0.25) is 0 Å². The van der Waals surface area contributed by atoms with E-state index in [-0.39, 0.29) is 6.09 Å². The minimum absolute atomic E-state index is 0.305. The summed E-state index contributed by atoms with van der Waals surface area (Å²) in [5.74, 6) is 2.54. The maximum Gasteiger partial charge on any atom is 0.409 e. The lowest BCUT2D eigenvalue weighted by molar-refractivity contribution is 0.104. The molecule has 0 heterocycles. The molecule has 0 aliphatic rings. The van der Waals surface area contributed by atoms with Gasteiger partial charge in [0.1, 0.15) is 6.61 Å². The zero-order chi connectivity index (χ0) is 12.5. The van der Waals surface area contributed by atoms with Crippen molar-refractivity contribution in [2.75, 3.05) is 13.6 Å². The van der Waals surface area contributed by atoms with Crippen molar-refractivity contribution in [1.82, 2.24) is 4.90 Å². The first kappa shape index (κ1) is 13.1. The lowest BCUT2D eigenvalue weighted by atomic mass is 10.2. The van der Waals surface area contributed by atoms with Crippen molar-refractivity contribution in [2.45, 2.75) is 19.4 Å². The number of carbonyl (C=O) groups is 1. The SMILES string of the molecule is C#CCCCN(C)C(=O)OCc1ccccc1. The van der Waals surface area contributed by atoms with Crippen molar-refractivity contribution in [3.63, 3.8) is 0 Å². The molecule has 3 nitrogen and oxygen atoms in total. The summed E-state index contributed by atoms with van der Waals surface area (Å²) in [7, 11) is 1.71. The molecule has 0 N–H and O–H groups in total. The van der Waals surface area contributed by atoms with E-state index in [1.807, 2.05) is 30.3 Å². The van der Waals surface area contributed by atoms with E-state index in [1.54, 1.807) is 11.9 Å². The third-order valence-corrected chi connectivity index (χ3v) is 2.33. The summed E-state index contributed by atoms with van der Waals surface area (Å²) in [6.45, 7) is 0.928. The Balaban J connectivity index is 2.27. The summed E-state index contributed by atoms with van der Waals surface area (Å²) < 4.78 is 5.16. The predicted molar refractivity (Wildman–Crippen MR) is 67.3 cm³/mol. The number of benzene rings is 1. The first-order valence-corrected chi connectivity index (χ1v) is 5.59. The van der Waals surface area contributed by atoms with Crippen LogP contribution in [-0.4, -0.2) is 24.6 Å². The first-order valence-electron chi connectivity index (χ1n) is 5.59. The Hall–Kier alpha value is -1.95. The van der Waals surface area contributed by atoms with Gasteiger partial charge in [-0.2, -0.15) is 0 Å². The number of hydrogen-bond acceptors (Lipinski definition) is 2. The fraction of sp³-hybridized carbons (Fsp3) is 0.357. The number of carbonyl (C=O) groups excluding carboxylic acids is 1. The van der Waals surface area contributed by atoms with Crippen LogP contribution in [-0.2, 0) is 11.3 Å². The molecule has 3 heteroatoms. The second-order valence-corrected chi connectivity index (χ2v) is 3.77. The molecule has 0 saturated carbocycles. The van der Waals surface area contributed by atoms with Crippen LogP contribution in [0.3, 0.4) is 0 Å². The number of unbranched alkanes of at least 4 members (excludes halogenated alkanes) is 1. The van der Waals surface area contributed by atoms with Gasteiger partial charge in [0.2, 0.25) is 0 Å². The number of nitrogens with zero attached hydrogens (tertiary/aromatic N) is 1. The summed E-state index contributed by atoms with van der Waals surface area (Å²) in [4.78, 5) is 13.1. The Morgan fingerprint density at radius 3 is 2.76 bits per heavy atom. The van der Waals surface area contributed by atoms with Crippen molar-refractivity contribution in [3.8, 4) is 12.3 Å². The summed E-state index contributed by atoms with van der Waals surface area (Å²) in [6, 6.07) is 9.61. The highest BCUT2D eigenvalue weighted by atomic mass is 16.6. The topological polar surface area (TPSA) is 29.5 Å². The quantitative estimate of drug-likeness (QED) is 0.576. The number of terminal acetylenes is 1. The van der Waals surface area contributed by atoms with Gasteiger partial charge in [0.15, 0.2) is 0 Å². The maximum absolute atomic E-state index is 11.6. The Bertz CT molecular complexity index is 381. The maximum atomic E-state index is 11.6. The van der Waals surface area contributed by atoms with Crippen LogP contribution in [0.25, 0.3) is 0 Å². The fourth-order valence-corrected chi connectivity index (χ4v) is 1.34. The van der Waals surface area contributed by atoms with Crippen molar-refractivity contribution in [3.05, 3.63) is 35.9 Å². The largest absolute Gasteiger partial charge is 0.445 e. The predicted octanol–water partition coefficient (Wildman–Crippen LogP) is 2.67. The highest BCUT2D eigenvalue weighted by Crippen LogP contribution is 2.03. The van der Waals surface area contributed by atoms with Gasteiger partial charge in [0, 0.05) is 20.0 Å². The highest BCUT2D eigenvalue weighted by Gasteiger charge is 2.08. The second kappa shape index (κ2) is 7.34. The molecular weight excluding hydrogens is 214 g/mol. The molecule has 1 aromatic rings. The van der Waals surface area contributed by atoms with Crippen LogP contribution < -0.4 is 0 Å². The normalized spacial score (nSPS) is 9.41. The van der Waals surface area contributed by atoms with Crippen molar-refractivity contribution < 1.29 is 9.53 Å². The Labute approximate surface area is 102 Å². The average Bonchev–Trinajstić information content (AvgIpc) is 2.37. The third-order valence-electron chi connectivity index (χ3n) is 2.33. The molecule has 17 heavy (non-hydrogen) atoms. The molecule has 1 amide bonds. The molecule has 0 fully saturated rings. The molecule has 0 aromatic heterocycles. The van der Waals surface area contributed by atoms with Gasteiger partial charge < -0.3 is 9.64 Å². The molecule has 0 aliphatic carbocycles. The highest BCUT2D eigenvalue weighted by molar-refractivity contribution is 5.67.